The van der Waals surface area contributed by atoms with Gasteiger partial charge >= 0.3 is 0 Å². The number of carbonyl (C=O) groups excluding carboxylic acids is 2. The molecule has 0 saturated carbocycles. The molecule has 2 heterocycles. The molecule has 162 valence electrons. The van der Waals surface area contributed by atoms with Crippen LogP contribution in [-0.4, -0.2) is 66.0 Å². The van der Waals surface area contributed by atoms with Crippen molar-refractivity contribution in [2.24, 2.45) is 0 Å². The van der Waals surface area contributed by atoms with Crippen molar-refractivity contribution >= 4 is 29.1 Å². The molecule has 7 heteroatoms. The molecule has 0 radical (unpaired) electrons. The summed E-state index contributed by atoms with van der Waals surface area (Å²) in [6.07, 6.45) is 0. The molecule has 1 amide bonds. The van der Waals surface area contributed by atoms with E-state index in [2.05, 4.69) is 4.90 Å². The Kier molecular flexibility index (Phi) is 6.41. The van der Waals surface area contributed by atoms with Crippen molar-refractivity contribution in [3.8, 4) is 0 Å². The zero-order valence-electron chi connectivity index (χ0n) is 17.4. The Morgan fingerprint density at radius 3 is 2.42 bits per heavy atom. The first kappa shape index (κ1) is 21.6. The highest BCUT2D eigenvalue weighted by molar-refractivity contribution is 6.47. The summed E-state index contributed by atoms with van der Waals surface area (Å²) in [5, 5.41) is 11.5. The lowest BCUT2D eigenvalue weighted by Crippen LogP contribution is -2.42. The second kappa shape index (κ2) is 9.22. The number of hydrogen-bond donors (Lipinski definition) is 1. The van der Waals surface area contributed by atoms with Crippen LogP contribution in [0.5, 0.6) is 0 Å². The maximum Gasteiger partial charge on any atom is 0.295 e. The molecular formula is C24H25ClN2O4. The number of rotatable bonds is 5. The Labute approximate surface area is 186 Å². The summed E-state index contributed by atoms with van der Waals surface area (Å²) in [5.74, 6) is -1.49. The third-order valence-corrected chi connectivity index (χ3v) is 6.17. The van der Waals surface area contributed by atoms with Crippen molar-refractivity contribution in [2.75, 3.05) is 39.4 Å². The summed E-state index contributed by atoms with van der Waals surface area (Å²) in [6.45, 7) is 5.78. The van der Waals surface area contributed by atoms with Crippen molar-refractivity contribution in [3.05, 3.63) is 75.8 Å². The van der Waals surface area contributed by atoms with E-state index in [0.29, 0.717) is 42.5 Å². The summed E-state index contributed by atoms with van der Waals surface area (Å²) in [7, 11) is 0. The normalized spacial score (nSPS) is 21.6. The zero-order chi connectivity index (χ0) is 22.0. The van der Waals surface area contributed by atoms with Gasteiger partial charge in [0.15, 0.2) is 0 Å². The molecule has 31 heavy (non-hydrogen) atoms. The van der Waals surface area contributed by atoms with Gasteiger partial charge in [-0.2, -0.15) is 0 Å². The zero-order valence-corrected chi connectivity index (χ0v) is 18.1. The number of amides is 1. The largest absolute Gasteiger partial charge is 0.507 e. The maximum absolute atomic E-state index is 13.1. The smallest absolute Gasteiger partial charge is 0.295 e. The van der Waals surface area contributed by atoms with Crippen LogP contribution in [0, 0.1) is 6.92 Å². The summed E-state index contributed by atoms with van der Waals surface area (Å²) in [5.41, 5.74) is 2.22. The van der Waals surface area contributed by atoms with Gasteiger partial charge in [0.05, 0.1) is 24.8 Å². The summed E-state index contributed by atoms with van der Waals surface area (Å²) < 4.78 is 5.39. The van der Waals surface area contributed by atoms with E-state index in [9.17, 15) is 14.7 Å². The van der Waals surface area contributed by atoms with Gasteiger partial charge in [-0.05, 0) is 18.6 Å². The number of ketones is 1. The monoisotopic (exact) mass is 440 g/mol. The average Bonchev–Trinajstić information content (AvgIpc) is 3.03. The van der Waals surface area contributed by atoms with Crippen molar-refractivity contribution in [3.63, 3.8) is 0 Å². The Morgan fingerprint density at radius 2 is 1.74 bits per heavy atom. The molecule has 0 bridgehead atoms. The molecule has 0 spiro atoms. The van der Waals surface area contributed by atoms with Crippen molar-refractivity contribution in [1.82, 2.24) is 9.80 Å². The molecule has 0 aliphatic carbocycles. The van der Waals surface area contributed by atoms with Crippen LogP contribution in [0.25, 0.3) is 5.76 Å². The molecule has 1 atom stereocenters. The Bertz CT molecular complexity index is 1010. The molecule has 0 aromatic heterocycles. The van der Waals surface area contributed by atoms with Crippen LogP contribution in [-0.2, 0) is 14.3 Å². The van der Waals surface area contributed by atoms with E-state index in [-0.39, 0.29) is 11.3 Å². The van der Waals surface area contributed by atoms with Crippen LogP contribution in [0.15, 0.2) is 54.1 Å². The van der Waals surface area contributed by atoms with Gasteiger partial charge in [-0.1, -0.05) is 59.6 Å². The number of nitrogens with zero attached hydrogens (tertiary/aromatic N) is 2. The second-order valence-corrected chi connectivity index (χ2v) is 8.24. The van der Waals surface area contributed by atoms with Crippen LogP contribution >= 0.6 is 11.6 Å². The number of aryl methyl sites for hydroxylation is 1. The lowest BCUT2D eigenvalue weighted by Gasteiger charge is -2.31. The number of benzene rings is 2. The molecule has 6 nitrogen and oxygen atoms in total. The Balaban J connectivity index is 1.75. The van der Waals surface area contributed by atoms with Crippen LogP contribution < -0.4 is 0 Å². The number of morpholine rings is 1. The van der Waals surface area contributed by atoms with Crippen LogP contribution in [0.4, 0.5) is 0 Å². The van der Waals surface area contributed by atoms with Crippen molar-refractivity contribution < 1.29 is 19.4 Å². The number of likely N-dealkylation sites (tertiary alicyclic amines) is 1. The highest BCUT2D eigenvalue weighted by Crippen LogP contribution is 2.41. The third kappa shape index (κ3) is 4.37. The minimum atomic E-state index is -0.740. The van der Waals surface area contributed by atoms with E-state index in [1.165, 1.54) is 4.90 Å². The predicted octanol–water partition coefficient (Wildman–Crippen LogP) is 3.40. The first-order valence-electron chi connectivity index (χ1n) is 10.4. The van der Waals surface area contributed by atoms with E-state index in [0.717, 1.165) is 18.7 Å². The molecule has 2 aromatic rings. The SMILES string of the molecule is Cc1ccc(C(O)=C2C(=O)C(=O)N(CCN3CCOCC3)[C@H]2c2ccccc2Cl)cc1. The third-order valence-electron chi connectivity index (χ3n) is 5.83. The molecule has 2 saturated heterocycles. The van der Waals surface area contributed by atoms with Gasteiger partial charge in [-0.3, -0.25) is 14.5 Å². The standard InChI is InChI=1S/C24H25ClN2O4/c1-16-6-8-17(9-7-16)22(28)20-21(18-4-2-3-5-19(18)25)27(24(30)23(20)29)11-10-26-12-14-31-15-13-26/h2-9,21,28H,10-15H2,1H3/t21-/m0/s1. The lowest BCUT2D eigenvalue weighted by atomic mass is 9.95. The van der Waals surface area contributed by atoms with Crippen molar-refractivity contribution in [2.45, 2.75) is 13.0 Å². The van der Waals surface area contributed by atoms with Gasteiger partial charge in [0.25, 0.3) is 11.7 Å². The molecule has 1 N–H and O–H groups in total. The van der Waals surface area contributed by atoms with E-state index in [1.54, 1.807) is 30.3 Å². The Morgan fingerprint density at radius 1 is 1.06 bits per heavy atom. The summed E-state index contributed by atoms with van der Waals surface area (Å²) in [6, 6.07) is 13.6. The quantitative estimate of drug-likeness (QED) is 0.438. The number of aliphatic hydroxyl groups excluding tert-OH is 1. The second-order valence-electron chi connectivity index (χ2n) is 7.83. The fraction of sp³-hybridized carbons (Fsp3) is 0.333. The number of halogens is 1. The number of ether oxygens (including phenoxy) is 1. The number of Topliss-reactive ketones (excluding diaryl/α,β-unsaturated/α-hetero) is 1. The Hall–Kier alpha value is -2.67. The first-order chi connectivity index (χ1) is 15.0. The van der Waals surface area contributed by atoms with Crippen LogP contribution in [0.2, 0.25) is 5.02 Å². The number of carbonyl (C=O) groups is 2. The number of aliphatic hydroxyl groups is 1. The summed E-state index contributed by atoms with van der Waals surface area (Å²) >= 11 is 6.47. The molecule has 2 aromatic carbocycles. The van der Waals surface area contributed by atoms with E-state index in [1.807, 2.05) is 25.1 Å². The predicted molar refractivity (Wildman–Crippen MR) is 119 cm³/mol. The fourth-order valence-corrected chi connectivity index (χ4v) is 4.31. The lowest BCUT2D eigenvalue weighted by molar-refractivity contribution is -0.140. The molecule has 2 aliphatic heterocycles. The average molecular weight is 441 g/mol. The van der Waals surface area contributed by atoms with Gasteiger partial charge in [-0.15, -0.1) is 0 Å². The van der Waals surface area contributed by atoms with Gasteiger partial charge in [0, 0.05) is 36.8 Å². The van der Waals surface area contributed by atoms with E-state index in [4.69, 9.17) is 16.3 Å². The van der Waals surface area contributed by atoms with E-state index >= 15 is 0 Å². The highest BCUT2D eigenvalue weighted by atomic mass is 35.5. The maximum atomic E-state index is 13.1. The number of hydrogen-bond acceptors (Lipinski definition) is 5. The molecule has 2 aliphatic rings. The molecule has 2 fully saturated rings. The first-order valence-corrected chi connectivity index (χ1v) is 10.7. The minimum absolute atomic E-state index is 0.0731. The molecular weight excluding hydrogens is 416 g/mol. The summed E-state index contributed by atoms with van der Waals surface area (Å²) in [4.78, 5) is 29.8. The van der Waals surface area contributed by atoms with Gasteiger partial charge < -0.3 is 14.7 Å². The highest BCUT2D eigenvalue weighted by Gasteiger charge is 2.46. The minimum Gasteiger partial charge on any atom is -0.507 e. The molecule has 0 unspecified atom stereocenters. The van der Waals surface area contributed by atoms with E-state index < -0.39 is 17.7 Å². The fourth-order valence-electron chi connectivity index (χ4n) is 4.07. The van der Waals surface area contributed by atoms with Gasteiger partial charge in [0.2, 0.25) is 0 Å². The van der Waals surface area contributed by atoms with Gasteiger partial charge in [0.1, 0.15) is 5.76 Å². The van der Waals surface area contributed by atoms with Crippen LogP contribution in [0.3, 0.4) is 0 Å². The molecule has 4 rings (SSSR count). The van der Waals surface area contributed by atoms with Gasteiger partial charge in [-0.25, -0.2) is 0 Å². The van der Waals surface area contributed by atoms with Crippen molar-refractivity contribution in [1.29, 1.82) is 0 Å². The van der Waals surface area contributed by atoms with Crippen LogP contribution in [0.1, 0.15) is 22.7 Å². The topological polar surface area (TPSA) is 70.1 Å².